The highest BCUT2D eigenvalue weighted by atomic mass is 16.5. The first kappa shape index (κ1) is 30.1. The molecule has 1 unspecified atom stereocenters. The Morgan fingerprint density at radius 2 is 1.19 bits per heavy atom. The molecule has 37 heavy (non-hydrogen) atoms. The van der Waals surface area contributed by atoms with Crippen molar-refractivity contribution in [1.29, 1.82) is 0 Å². The third-order valence-corrected chi connectivity index (χ3v) is 6.49. The van der Waals surface area contributed by atoms with Crippen molar-refractivity contribution in [2.24, 2.45) is 5.92 Å². The fraction of sp³-hybridized carbons (Fsp3) is 0.500. The zero-order valence-corrected chi connectivity index (χ0v) is 22.7. The third-order valence-electron chi connectivity index (χ3n) is 6.49. The number of esters is 2. The minimum absolute atomic E-state index is 0.0949. The maximum Gasteiger partial charge on any atom is 0.330 e. The number of benzene rings is 2. The molecular weight excluding hydrogens is 464 g/mol. The second kappa shape index (κ2) is 18.2. The fourth-order valence-corrected chi connectivity index (χ4v) is 3.88. The van der Waals surface area contributed by atoms with E-state index in [1.54, 1.807) is 0 Å². The number of carbonyl (C=O) groups is 2. The van der Waals surface area contributed by atoms with E-state index in [1.807, 2.05) is 50.2 Å². The van der Waals surface area contributed by atoms with E-state index < -0.39 is 0 Å². The lowest BCUT2D eigenvalue weighted by Gasteiger charge is -2.10. The number of unbranched alkanes of at least 4 members (excludes halogenated alkanes) is 9. The van der Waals surface area contributed by atoms with Crippen LogP contribution in [-0.2, 0) is 14.3 Å². The van der Waals surface area contributed by atoms with Gasteiger partial charge < -0.3 is 14.2 Å². The van der Waals surface area contributed by atoms with Crippen molar-refractivity contribution in [2.45, 2.75) is 84.5 Å². The molecule has 0 N–H and O–H groups in total. The Bertz CT molecular complexity index is 917. The minimum atomic E-state index is -0.329. The van der Waals surface area contributed by atoms with Crippen LogP contribution in [0.2, 0.25) is 0 Å². The Morgan fingerprint density at radius 1 is 0.730 bits per heavy atom. The van der Waals surface area contributed by atoms with Gasteiger partial charge in [-0.15, -0.1) is 0 Å². The van der Waals surface area contributed by atoms with Crippen LogP contribution in [0.4, 0.5) is 0 Å². The van der Waals surface area contributed by atoms with Crippen molar-refractivity contribution in [3.8, 4) is 22.6 Å². The summed E-state index contributed by atoms with van der Waals surface area (Å²) < 4.78 is 16.3. The lowest BCUT2D eigenvalue weighted by atomic mass is 10.1. The molecule has 0 aromatic heterocycles. The van der Waals surface area contributed by atoms with E-state index in [0.717, 1.165) is 49.2 Å². The Balaban J connectivity index is 1.51. The molecule has 0 amide bonds. The number of hydrogen-bond donors (Lipinski definition) is 0. The molecule has 0 saturated carbocycles. The van der Waals surface area contributed by atoms with Gasteiger partial charge in [0.15, 0.2) is 0 Å². The van der Waals surface area contributed by atoms with Gasteiger partial charge in [-0.05, 0) is 54.7 Å². The largest absolute Gasteiger partial charge is 0.494 e. The van der Waals surface area contributed by atoms with E-state index in [4.69, 9.17) is 14.2 Å². The maximum atomic E-state index is 11.9. The first-order valence-corrected chi connectivity index (χ1v) is 13.9. The van der Waals surface area contributed by atoms with Crippen LogP contribution in [0.15, 0.2) is 61.2 Å². The summed E-state index contributed by atoms with van der Waals surface area (Å²) in [6, 6.07) is 15.8. The van der Waals surface area contributed by atoms with Crippen LogP contribution < -0.4 is 9.47 Å². The zero-order valence-electron chi connectivity index (χ0n) is 22.7. The monoisotopic (exact) mass is 508 g/mol. The van der Waals surface area contributed by atoms with Crippen molar-refractivity contribution < 1.29 is 23.8 Å². The van der Waals surface area contributed by atoms with Gasteiger partial charge in [-0.2, -0.15) is 0 Å². The predicted molar refractivity (Wildman–Crippen MR) is 150 cm³/mol. The van der Waals surface area contributed by atoms with Gasteiger partial charge in [0.2, 0.25) is 0 Å². The fourth-order valence-electron chi connectivity index (χ4n) is 3.88. The summed E-state index contributed by atoms with van der Waals surface area (Å²) in [6.45, 7) is 8.49. The molecule has 0 radical (unpaired) electrons. The minimum Gasteiger partial charge on any atom is -0.494 e. The third kappa shape index (κ3) is 12.6. The molecule has 0 aliphatic heterocycles. The van der Waals surface area contributed by atoms with Crippen LogP contribution in [0, 0.1) is 5.92 Å². The van der Waals surface area contributed by atoms with Gasteiger partial charge in [0.1, 0.15) is 11.5 Å². The molecule has 0 heterocycles. The summed E-state index contributed by atoms with van der Waals surface area (Å²) in [4.78, 5) is 22.9. The maximum absolute atomic E-state index is 11.9. The molecule has 202 valence electrons. The highest BCUT2D eigenvalue weighted by Gasteiger charge is 2.13. The van der Waals surface area contributed by atoms with Crippen LogP contribution >= 0.6 is 0 Å². The van der Waals surface area contributed by atoms with E-state index in [9.17, 15) is 9.59 Å². The van der Waals surface area contributed by atoms with Crippen molar-refractivity contribution in [2.75, 3.05) is 13.2 Å². The molecular formula is C32H44O5. The Kier molecular flexibility index (Phi) is 14.8. The molecule has 2 aromatic carbocycles. The predicted octanol–water partition coefficient (Wildman–Crippen LogP) is 8.31. The van der Waals surface area contributed by atoms with Crippen LogP contribution in [0.1, 0.15) is 84.5 Å². The van der Waals surface area contributed by atoms with Crippen molar-refractivity contribution in [3.05, 3.63) is 61.2 Å². The normalized spacial score (nSPS) is 11.5. The molecule has 0 bridgehead atoms. The molecule has 1 atom stereocenters. The molecule has 5 heteroatoms. The van der Waals surface area contributed by atoms with Crippen LogP contribution in [-0.4, -0.2) is 25.2 Å². The van der Waals surface area contributed by atoms with E-state index in [1.165, 1.54) is 51.0 Å². The molecule has 2 rings (SSSR count). The first-order valence-electron chi connectivity index (χ1n) is 13.9. The molecule has 0 aliphatic carbocycles. The number of ether oxygens (including phenoxy) is 3. The average Bonchev–Trinajstić information content (AvgIpc) is 2.93. The van der Waals surface area contributed by atoms with Crippen molar-refractivity contribution in [3.63, 3.8) is 0 Å². The number of carbonyl (C=O) groups excluding carboxylic acids is 2. The van der Waals surface area contributed by atoms with Crippen molar-refractivity contribution in [1.82, 2.24) is 0 Å². The SMILES string of the molecule is C=CC(=O)OCCCCCCCCCCCCOc1ccc(-c2ccc(OC(=O)C(C)CC)cc2)cc1. The summed E-state index contributed by atoms with van der Waals surface area (Å²) in [5.41, 5.74) is 2.17. The molecule has 0 saturated heterocycles. The Hall–Kier alpha value is -3.08. The standard InChI is InChI=1S/C32H44O5/c1-4-26(3)32(34)37-30-22-18-28(19-23-30)27-16-20-29(21-17-27)35-24-14-12-10-8-6-7-9-11-13-15-25-36-31(33)5-2/h5,16-23,26H,2,4,6-15,24-25H2,1,3H3. The Morgan fingerprint density at radius 3 is 1.68 bits per heavy atom. The van der Waals surface area contributed by atoms with Crippen molar-refractivity contribution >= 4 is 11.9 Å². The quantitative estimate of drug-likeness (QED) is 0.0826. The topological polar surface area (TPSA) is 61.8 Å². The molecule has 0 fully saturated rings. The van der Waals surface area contributed by atoms with Gasteiger partial charge in [-0.3, -0.25) is 4.79 Å². The Labute approximate surface area is 223 Å². The molecule has 0 spiro atoms. The average molecular weight is 509 g/mol. The molecule has 5 nitrogen and oxygen atoms in total. The lowest BCUT2D eigenvalue weighted by Crippen LogP contribution is -2.16. The van der Waals surface area contributed by atoms with Crippen LogP contribution in [0.25, 0.3) is 11.1 Å². The van der Waals surface area contributed by atoms with E-state index in [0.29, 0.717) is 12.4 Å². The summed E-state index contributed by atoms with van der Waals surface area (Å²) in [5, 5.41) is 0. The highest BCUT2D eigenvalue weighted by molar-refractivity contribution is 5.81. The van der Waals surface area contributed by atoms with Gasteiger partial charge in [-0.25, -0.2) is 4.79 Å². The van der Waals surface area contributed by atoms with Gasteiger partial charge in [0.05, 0.1) is 19.1 Å². The lowest BCUT2D eigenvalue weighted by molar-refractivity contribution is -0.139. The summed E-state index contributed by atoms with van der Waals surface area (Å²) in [5.74, 6) is 0.856. The van der Waals surface area contributed by atoms with Gasteiger partial charge in [-0.1, -0.05) is 96.1 Å². The van der Waals surface area contributed by atoms with Gasteiger partial charge in [0.25, 0.3) is 0 Å². The van der Waals surface area contributed by atoms with E-state index in [-0.39, 0.29) is 17.9 Å². The smallest absolute Gasteiger partial charge is 0.330 e. The van der Waals surface area contributed by atoms with E-state index >= 15 is 0 Å². The van der Waals surface area contributed by atoms with E-state index in [2.05, 4.69) is 18.7 Å². The highest BCUT2D eigenvalue weighted by Crippen LogP contribution is 2.25. The zero-order chi connectivity index (χ0) is 26.7. The number of rotatable bonds is 19. The summed E-state index contributed by atoms with van der Waals surface area (Å²) in [6.07, 6.45) is 13.9. The second-order valence-electron chi connectivity index (χ2n) is 9.53. The second-order valence-corrected chi connectivity index (χ2v) is 9.53. The van der Waals surface area contributed by atoms with Crippen LogP contribution in [0.5, 0.6) is 11.5 Å². The summed E-state index contributed by atoms with van der Waals surface area (Å²) >= 11 is 0. The summed E-state index contributed by atoms with van der Waals surface area (Å²) in [7, 11) is 0. The van der Waals surface area contributed by atoms with Gasteiger partial charge in [0, 0.05) is 6.08 Å². The molecule has 2 aromatic rings. The molecule has 0 aliphatic rings. The van der Waals surface area contributed by atoms with Crippen LogP contribution in [0.3, 0.4) is 0 Å². The van der Waals surface area contributed by atoms with Gasteiger partial charge >= 0.3 is 11.9 Å². The number of hydrogen-bond acceptors (Lipinski definition) is 5. The first-order chi connectivity index (χ1) is 18.0.